The van der Waals surface area contributed by atoms with Crippen molar-refractivity contribution in [1.82, 2.24) is 5.32 Å². The van der Waals surface area contributed by atoms with E-state index in [4.69, 9.17) is 9.47 Å². The number of rotatable bonds is 13. The van der Waals surface area contributed by atoms with Crippen molar-refractivity contribution in [3.05, 3.63) is 59.7 Å². The van der Waals surface area contributed by atoms with Gasteiger partial charge in [-0.3, -0.25) is 4.79 Å². The molecule has 0 saturated heterocycles. The summed E-state index contributed by atoms with van der Waals surface area (Å²) in [6, 6.07) is 16.4. The average Bonchev–Trinajstić information content (AvgIpc) is 3.16. The van der Waals surface area contributed by atoms with Crippen molar-refractivity contribution in [2.75, 3.05) is 13.2 Å². The van der Waals surface area contributed by atoms with Crippen molar-refractivity contribution in [3.63, 3.8) is 0 Å². The molecule has 0 heterocycles. The minimum Gasteiger partial charge on any atom is -0.481 e. The fourth-order valence-corrected chi connectivity index (χ4v) is 4.59. The maximum Gasteiger partial charge on any atom is 0.407 e. The Kier molecular flexibility index (Phi) is 9.52. The molecule has 6 nitrogen and oxygen atoms in total. The molecule has 6 heteroatoms. The third-order valence-electron chi connectivity index (χ3n) is 6.57. The van der Waals surface area contributed by atoms with E-state index in [1.54, 1.807) is 6.92 Å². The number of aliphatic carboxylic acids is 1. The number of carbonyl (C=O) groups is 2. The summed E-state index contributed by atoms with van der Waals surface area (Å²) in [4.78, 5) is 23.9. The lowest BCUT2D eigenvalue weighted by molar-refractivity contribution is -0.148. The molecule has 0 radical (unpaired) electrons. The van der Waals surface area contributed by atoms with Crippen molar-refractivity contribution >= 4 is 12.1 Å². The van der Waals surface area contributed by atoms with E-state index in [-0.39, 0.29) is 31.3 Å². The number of alkyl carbamates (subject to hydrolysis) is 1. The summed E-state index contributed by atoms with van der Waals surface area (Å²) in [6.45, 7) is 6.18. The van der Waals surface area contributed by atoms with E-state index in [9.17, 15) is 14.7 Å². The monoisotopic (exact) mass is 467 g/mol. The van der Waals surface area contributed by atoms with Crippen molar-refractivity contribution in [1.29, 1.82) is 0 Å². The lowest BCUT2D eigenvalue weighted by Crippen LogP contribution is -2.38. The fourth-order valence-electron chi connectivity index (χ4n) is 4.59. The zero-order chi connectivity index (χ0) is 24.5. The summed E-state index contributed by atoms with van der Waals surface area (Å²) < 4.78 is 11.6. The van der Waals surface area contributed by atoms with Gasteiger partial charge in [0, 0.05) is 12.5 Å². The van der Waals surface area contributed by atoms with Gasteiger partial charge in [0.25, 0.3) is 0 Å². The highest BCUT2D eigenvalue weighted by Gasteiger charge is 2.29. The topological polar surface area (TPSA) is 84.9 Å². The quantitative estimate of drug-likeness (QED) is 0.354. The Bertz CT molecular complexity index is 914. The van der Waals surface area contributed by atoms with Crippen LogP contribution in [0.15, 0.2) is 48.5 Å². The number of carboxylic acid groups (broad SMARTS) is 1. The Balaban J connectivity index is 1.49. The molecular formula is C28H37NO5. The first-order chi connectivity index (χ1) is 16.4. The summed E-state index contributed by atoms with van der Waals surface area (Å²) in [5, 5.41) is 12.2. The number of hydrogen-bond acceptors (Lipinski definition) is 4. The molecule has 0 spiro atoms. The molecule has 2 aromatic carbocycles. The van der Waals surface area contributed by atoms with Gasteiger partial charge in [-0.05, 0) is 42.5 Å². The highest BCUT2D eigenvalue weighted by Crippen LogP contribution is 2.44. The molecule has 0 aromatic heterocycles. The smallest absolute Gasteiger partial charge is 0.407 e. The molecule has 3 unspecified atom stereocenters. The molecule has 1 aliphatic carbocycles. The predicted octanol–water partition coefficient (Wildman–Crippen LogP) is 5.99. The standard InChI is InChI=1S/C28H37NO5/c1-4-5-6-7-16-26(20(3)27(30)31)34-19(2)17-29-28(32)33-18-25-23-14-10-8-12-21(23)22-13-9-11-15-24(22)25/h8-15,19-20,25-26H,4-7,16-18H2,1-3H3,(H,29,32)(H,30,31). The van der Waals surface area contributed by atoms with Crippen molar-refractivity contribution in [2.24, 2.45) is 5.92 Å². The van der Waals surface area contributed by atoms with Crippen LogP contribution in [-0.2, 0) is 14.3 Å². The molecule has 3 atom stereocenters. The molecule has 0 bridgehead atoms. The van der Waals surface area contributed by atoms with Crippen molar-refractivity contribution < 1.29 is 24.2 Å². The SMILES string of the molecule is CCCCCCC(OC(C)CNC(=O)OCC1c2ccccc2-c2ccccc21)C(C)C(=O)O. The Morgan fingerprint density at radius 1 is 0.971 bits per heavy atom. The number of carboxylic acids is 1. The number of fused-ring (bicyclic) bond motifs is 3. The van der Waals surface area contributed by atoms with Gasteiger partial charge in [0.05, 0.1) is 18.1 Å². The highest BCUT2D eigenvalue weighted by molar-refractivity contribution is 5.79. The second-order valence-electron chi connectivity index (χ2n) is 9.17. The lowest BCUT2D eigenvalue weighted by Gasteiger charge is -2.26. The van der Waals surface area contributed by atoms with Crippen LogP contribution in [-0.4, -0.2) is 42.5 Å². The average molecular weight is 468 g/mol. The van der Waals surface area contributed by atoms with Gasteiger partial charge in [0.1, 0.15) is 6.61 Å². The van der Waals surface area contributed by atoms with Crippen molar-refractivity contribution in [2.45, 2.75) is 71.0 Å². The fraction of sp³-hybridized carbons (Fsp3) is 0.500. The molecular weight excluding hydrogens is 430 g/mol. The predicted molar refractivity (Wildman–Crippen MR) is 133 cm³/mol. The zero-order valence-electron chi connectivity index (χ0n) is 20.5. The minimum absolute atomic E-state index is 0.00995. The first-order valence-corrected chi connectivity index (χ1v) is 12.4. The van der Waals surface area contributed by atoms with E-state index in [1.165, 1.54) is 22.3 Å². The number of ether oxygens (including phenoxy) is 2. The van der Waals surface area contributed by atoms with Crippen LogP contribution in [0.3, 0.4) is 0 Å². The number of carbonyl (C=O) groups excluding carboxylic acids is 1. The lowest BCUT2D eigenvalue weighted by atomic mass is 9.98. The second kappa shape index (κ2) is 12.6. The van der Waals surface area contributed by atoms with Gasteiger partial charge in [0.15, 0.2) is 0 Å². The minimum atomic E-state index is -0.864. The van der Waals surface area contributed by atoms with Crippen LogP contribution in [0, 0.1) is 5.92 Å². The maximum atomic E-state index is 12.4. The molecule has 1 amide bonds. The largest absolute Gasteiger partial charge is 0.481 e. The Labute approximate surface area is 202 Å². The van der Waals surface area contributed by atoms with Crippen LogP contribution in [0.1, 0.15) is 69.9 Å². The molecule has 0 aliphatic heterocycles. The van der Waals surface area contributed by atoms with Gasteiger partial charge in [-0.15, -0.1) is 0 Å². The molecule has 3 rings (SSSR count). The van der Waals surface area contributed by atoms with E-state index in [2.05, 4.69) is 36.5 Å². The third kappa shape index (κ3) is 6.60. The van der Waals surface area contributed by atoms with Crippen LogP contribution in [0.4, 0.5) is 4.79 Å². The molecule has 2 aromatic rings. The molecule has 2 N–H and O–H groups in total. The van der Waals surface area contributed by atoms with Crippen LogP contribution in [0.5, 0.6) is 0 Å². The molecule has 0 fully saturated rings. The number of unbranched alkanes of at least 4 members (excludes halogenated alkanes) is 3. The summed E-state index contributed by atoms with van der Waals surface area (Å²) >= 11 is 0. The van der Waals surface area contributed by atoms with Gasteiger partial charge in [-0.1, -0.05) is 81.1 Å². The summed E-state index contributed by atoms with van der Waals surface area (Å²) in [6.07, 6.45) is 3.75. The summed E-state index contributed by atoms with van der Waals surface area (Å²) in [7, 11) is 0. The second-order valence-corrected chi connectivity index (χ2v) is 9.17. The Hall–Kier alpha value is -2.86. The zero-order valence-corrected chi connectivity index (χ0v) is 20.5. The van der Waals surface area contributed by atoms with Crippen LogP contribution >= 0.6 is 0 Å². The molecule has 0 saturated carbocycles. The van der Waals surface area contributed by atoms with E-state index in [0.717, 1.165) is 25.7 Å². The Morgan fingerprint density at radius 2 is 1.59 bits per heavy atom. The summed E-state index contributed by atoms with van der Waals surface area (Å²) in [5.74, 6) is -1.45. The normalized spacial score (nSPS) is 15.1. The molecule has 34 heavy (non-hydrogen) atoms. The highest BCUT2D eigenvalue weighted by atomic mass is 16.5. The first kappa shape index (κ1) is 25.8. The first-order valence-electron chi connectivity index (χ1n) is 12.4. The number of hydrogen-bond donors (Lipinski definition) is 2. The van der Waals surface area contributed by atoms with Gasteiger partial charge in [0.2, 0.25) is 0 Å². The van der Waals surface area contributed by atoms with E-state index in [1.807, 2.05) is 31.2 Å². The van der Waals surface area contributed by atoms with E-state index in [0.29, 0.717) is 6.42 Å². The third-order valence-corrected chi connectivity index (χ3v) is 6.57. The molecule has 1 aliphatic rings. The van der Waals surface area contributed by atoms with E-state index < -0.39 is 18.0 Å². The van der Waals surface area contributed by atoms with E-state index >= 15 is 0 Å². The van der Waals surface area contributed by atoms with Crippen LogP contribution in [0.25, 0.3) is 11.1 Å². The summed E-state index contributed by atoms with van der Waals surface area (Å²) in [5.41, 5.74) is 4.71. The van der Waals surface area contributed by atoms with Crippen LogP contribution in [0.2, 0.25) is 0 Å². The number of amides is 1. The van der Waals surface area contributed by atoms with Gasteiger partial charge >= 0.3 is 12.1 Å². The molecule has 184 valence electrons. The number of benzene rings is 2. The van der Waals surface area contributed by atoms with Gasteiger partial charge in [-0.2, -0.15) is 0 Å². The Morgan fingerprint density at radius 3 is 2.18 bits per heavy atom. The maximum absolute atomic E-state index is 12.4. The van der Waals surface area contributed by atoms with Gasteiger partial charge < -0.3 is 19.9 Å². The van der Waals surface area contributed by atoms with Crippen LogP contribution < -0.4 is 5.32 Å². The number of nitrogens with one attached hydrogen (secondary N) is 1. The van der Waals surface area contributed by atoms with Crippen molar-refractivity contribution in [3.8, 4) is 11.1 Å². The van der Waals surface area contributed by atoms with Gasteiger partial charge in [-0.25, -0.2) is 4.79 Å².